The van der Waals surface area contributed by atoms with Crippen molar-refractivity contribution in [3.05, 3.63) is 42.5 Å². The van der Waals surface area contributed by atoms with Gasteiger partial charge in [0.2, 0.25) is 0 Å². The Kier molecular flexibility index (Phi) is 3.51. The van der Waals surface area contributed by atoms with Gasteiger partial charge >= 0.3 is 0 Å². The van der Waals surface area contributed by atoms with Crippen molar-refractivity contribution in [2.75, 3.05) is 6.61 Å². The molecule has 1 unspecified atom stereocenters. The molecular formula is C12H13FN2O2. The van der Waals surface area contributed by atoms with Gasteiger partial charge in [-0.25, -0.2) is 9.37 Å². The van der Waals surface area contributed by atoms with Gasteiger partial charge in [-0.1, -0.05) is 0 Å². The standard InChI is InChI=1S/C12H13FN2O2/c13-10-3-1-9(2-4-10)12-14-5-6-15(12)7-11(17)8-16/h1-6,11,16-17H,7-8H2. The van der Waals surface area contributed by atoms with Crippen molar-refractivity contribution in [3.63, 3.8) is 0 Å². The average Bonchev–Trinajstić information content (AvgIpc) is 2.78. The highest BCUT2D eigenvalue weighted by atomic mass is 19.1. The van der Waals surface area contributed by atoms with E-state index in [0.717, 1.165) is 5.56 Å². The van der Waals surface area contributed by atoms with E-state index < -0.39 is 6.10 Å². The Balaban J connectivity index is 2.27. The van der Waals surface area contributed by atoms with Crippen LogP contribution in [0.1, 0.15) is 0 Å². The molecule has 0 radical (unpaired) electrons. The fourth-order valence-corrected chi connectivity index (χ4v) is 1.60. The number of aromatic nitrogens is 2. The first kappa shape index (κ1) is 11.8. The molecule has 0 bridgehead atoms. The molecule has 2 rings (SSSR count). The molecule has 0 amide bonds. The van der Waals surface area contributed by atoms with Gasteiger partial charge < -0.3 is 14.8 Å². The summed E-state index contributed by atoms with van der Waals surface area (Å²) in [5.74, 6) is 0.333. The van der Waals surface area contributed by atoms with Crippen LogP contribution in [0.25, 0.3) is 11.4 Å². The molecule has 17 heavy (non-hydrogen) atoms. The van der Waals surface area contributed by atoms with E-state index in [9.17, 15) is 9.50 Å². The zero-order chi connectivity index (χ0) is 12.3. The Morgan fingerprint density at radius 1 is 1.29 bits per heavy atom. The van der Waals surface area contributed by atoms with E-state index in [4.69, 9.17) is 5.11 Å². The van der Waals surface area contributed by atoms with Gasteiger partial charge in [0.1, 0.15) is 11.6 Å². The quantitative estimate of drug-likeness (QED) is 0.834. The summed E-state index contributed by atoms with van der Waals surface area (Å²) in [5, 5.41) is 18.2. The van der Waals surface area contributed by atoms with Crippen LogP contribution in [0.2, 0.25) is 0 Å². The van der Waals surface area contributed by atoms with Crippen molar-refractivity contribution >= 4 is 0 Å². The largest absolute Gasteiger partial charge is 0.394 e. The smallest absolute Gasteiger partial charge is 0.139 e. The van der Waals surface area contributed by atoms with E-state index in [2.05, 4.69) is 4.98 Å². The van der Waals surface area contributed by atoms with E-state index in [-0.39, 0.29) is 19.0 Å². The molecule has 1 aromatic carbocycles. The molecule has 4 nitrogen and oxygen atoms in total. The van der Waals surface area contributed by atoms with Crippen molar-refractivity contribution in [1.29, 1.82) is 0 Å². The van der Waals surface area contributed by atoms with Gasteiger partial charge in [-0.15, -0.1) is 0 Å². The maximum atomic E-state index is 12.8. The third-order valence-corrected chi connectivity index (χ3v) is 2.44. The molecule has 0 saturated heterocycles. The molecule has 0 aliphatic rings. The number of aliphatic hydroxyl groups excluding tert-OH is 2. The zero-order valence-electron chi connectivity index (χ0n) is 9.12. The Bertz CT molecular complexity index is 482. The van der Waals surface area contributed by atoms with Crippen LogP contribution in [-0.2, 0) is 6.54 Å². The molecule has 0 spiro atoms. The first-order chi connectivity index (χ1) is 8.20. The highest BCUT2D eigenvalue weighted by molar-refractivity contribution is 5.55. The number of hydrogen-bond acceptors (Lipinski definition) is 3. The molecule has 90 valence electrons. The average molecular weight is 236 g/mol. The minimum atomic E-state index is -0.830. The Morgan fingerprint density at radius 2 is 2.00 bits per heavy atom. The summed E-state index contributed by atoms with van der Waals surface area (Å²) < 4.78 is 14.5. The van der Waals surface area contributed by atoms with E-state index in [1.165, 1.54) is 12.1 Å². The molecule has 0 aliphatic carbocycles. The molecule has 1 atom stereocenters. The second-order valence-corrected chi connectivity index (χ2v) is 3.75. The molecule has 0 aliphatic heterocycles. The van der Waals surface area contributed by atoms with Crippen LogP contribution in [0.3, 0.4) is 0 Å². The Labute approximate surface area is 98.0 Å². The summed E-state index contributed by atoms with van der Waals surface area (Å²) in [5.41, 5.74) is 0.765. The summed E-state index contributed by atoms with van der Waals surface area (Å²) in [6.45, 7) is -0.0513. The maximum Gasteiger partial charge on any atom is 0.139 e. The van der Waals surface area contributed by atoms with Gasteiger partial charge in [0.25, 0.3) is 0 Å². The molecule has 1 aromatic heterocycles. The fraction of sp³-hybridized carbons (Fsp3) is 0.250. The second kappa shape index (κ2) is 5.07. The Hall–Kier alpha value is -1.72. The van der Waals surface area contributed by atoms with Crippen LogP contribution >= 0.6 is 0 Å². The van der Waals surface area contributed by atoms with Crippen molar-refractivity contribution in [3.8, 4) is 11.4 Å². The molecule has 1 heterocycles. The monoisotopic (exact) mass is 236 g/mol. The number of nitrogens with zero attached hydrogens (tertiary/aromatic N) is 2. The topological polar surface area (TPSA) is 58.3 Å². The predicted octanol–water partition coefficient (Wildman–Crippen LogP) is 1.04. The van der Waals surface area contributed by atoms with Crippen LogP contribution < -0.4 is 0 Å². The minimum absolute atomic E-state index is 0.253. The van der Waals surface area contributed by atoms with Crippen LogP contribution in [0.5, 0.6) is 0 Å². The van der Waals surface area contributed by atoms with E-state index in [0.29, 0.717) is 5.82 Å². The highest BCUT2D eigenvalue weighted by Gasteiger charge is 2.09. The minimum Gasteiger partial charge on any atom is -0.394 e. The van der Waals surface area contributed by atoms with Crippen molar-refractivity contribution in [2.45, 2.75) is 12.6 Å². The number of hydrogen-bond donors (Lipinski definition) is 2. The molecule has 0 fully saturated rings. The summed E-state index contributed by atoms with van der Waals surface area (Å²) in [6, 6.07) is 5.96. The second-order valence-electron chi connectivity index (χ2n) is 3.75. The third kappa shape index (κ3) is 2.69. The van der Waals surface area contributed by atoms with Gasteiger partial charge in [-0.3, -0.25) is 0 Å². The first-order valence-corrected chi connectivity index (χ1v) is 5.26. The summed E-state index contributed by atoms with van der Waals surface area (Å²) >= 11 is 0. The van der Waals surface area contributed by atoms with Crippen molar-refractivity contribution in [1.82, 2.24) is 9.55 Å². The maximum absolute atomic E-state index is 12.8. The number of benzene rings is 1. The molecule has 2 N–H and O–H groups in total. The van der Waals surface area contributed by atoms with Gasteiger partial charge in [0.05, 0.1) is 19.3 Å². The summed E-state index contributed by atoms with van der Waals surface area (Å²) in [6.07, 6.45) is 2.48. The lowest BCUT2D eigenvalue weighted by Gasteiger charge is -2.11. The number of halogens is 1. The van der Waals surface area contributed by atoms with Crippen LogP contribution in [0.4, 0.5) is 4.39 Å². The van der Waals surface area contributed by atoms with Gasteiger partial charge in [-0.2, -0.15) is 0 Å². The van der Waals surface area contributed by atoms with E-state index in [1.807, 2.05) is 0 Å². The SMILES string of the molecule is OCC(O)Cn1ccnc1-c1ccc(F)cc1. The van der Waals surface area contributed by atoms with E-state index >= 15 is 0 Å². The lowest BCUT2D eigenvalue weighted by atomic mass is 10.2. The third-order valence-electron chi connectivity index (χ3n) is 2.44. The van der Waals surface area contributed by atoms with Crippen molar-refractivity contribution in [2.24, 2.45) is 0 Å². The number of rotatable bonds is 4. The molecular weight excluding hydrogens is 223 g/mol. The molecule has 5 heteroatoms. The summed E-state index contributed by atoms with van der Waals surface area (Å²) in [4.78, 5) is 4.15. The van der Waals surface area contributed by atoms with Crippen LogP contribution in [0.15, 0.2) is 36.7 Å². The zero-order valence-corrected chi connectivity index (χ0v) is 9.12. The fourth-order valence-electron chi connectivity index (χ4n) is 1.60. The number of aliphatic hydroxyl groups is 2. The number of imidazole rings is 1. The van der Waals surface area contributed by atoms with Crippen LogP contribution in [0, 0.1) is 5.82 Å². The lowest BCUT2D eigenvalue weighted by molar-refractivity contribution is 0.0816. The van der Waals surface area contributed by atoms with Gasteiger partial charge in [-0.05, 0) is 24.3 Å². The van der Waals surface area contributed by atoms with Crippen LogP contribution in [-0.4, -0.2) is 32.5 Å². The lowest BCUT2D eigenvalue weighted by Crippen LogP contribution is -2.19. The van der Waals surface area contributed by atoms with E-state index in [1.54, 1.807) is 29.1 Å². The predicted molar refractivity (Wildman–Crippen MR) is 60.7 cm³/mol. The normalized spacial score (nSPS) is 12.6. The first-order valence-electron chi connectivity index (χ1n) is 5.26. The molecule has 2 aromatic rings. The van der Waals surface area contributed by atoms with Gasteiger partial charge in [0.15, 0.2) is 0 Å². The highest BCUT2D eigenvalue weighted by Crippen LogP contribution is 2.18. The Morgan fingerprint density at radius 3 is 2.65 bits per heavy atom. The summed E-state index contributed by atoms with van der Waals surface area (Å²) in [7, 11) is 0. The van der Waals surface area contributed by atoms with Gasteiger partial charge in [0, 0.05) is 18.0 Å². The molecule has 0 saturated carbocycles. The van der Waals surface area contributed by atoms with Crippen molar-refractivity contribution < 1.29 is 14.6 Å².